The smallest absolute Gasteiger partial charge is 0.141 e. The minimum atomic E-state index is -0.579. The third-order valence-corrected chi connectivity index (χ3v) is 2.44. The third kappa shape index (κ3) is 4.38. The number of rotatable bonds is 6. The number of pyridine rings is 1. The van der Waals surface area contributed by atoms with Crippen molar-refractivity contribution in [2.45, 2.75) is 45.1 Å². The number of aromatic nitrogens is 1. The van der Waals surface area contributed by atoms with Crippen LogP contribution in [0.25, 0.3) is 0 Å². The first kappa shape index (κ1) is 12.1. The van der Waals surface area contributed by atoms with Gasteiger partial charge in [0.15, 0.2) is 0 Å². The van der Waals surface area contributed by atoms with Crippen molar-refractivity contribution >= 4 is 0 Å². The Balaban J connectivity index is 2.36. The minimum Gasteiger partial charge on any atom is -0.388 e. The predicted octanol–water partition coefficient (Wildman–Crippen LogP) is 3.22. The third-order valence-electron chi connectivity index (χ3n) is 2.44. The van der Waals surface area contributed by atoms with Crippen molar-refractivity contribution in [1.82, 2.24) is 4.98 Å². The van der Waals surface area contributed by atoms with Gasteiger partial charge in [0.05, 0.1) is 12.3 Å². The molecule has 0 saturated carbocycles. The van der Waals surface area contributed by atoms with Crippen LogP contribution in [0.15, 0.2) is 18.5 Å². The molecule has 0 amide bonds. The molecule has 1 unspecified atom stereocenters. The second-order valence-electron chi connectivity index (χ2n) is 3.80. The van der Waals surface area contributed by atoms with Crippen molar-refractivity contribution in [3.63, 3.8) is 0 Å². The summed E-state index contributed by atoms with van der Waals surface area (Å²) in [4.78, 5) is 3.71. The SMILES string of the molecule is CCCCCCC(O)c1cncc(F)c1. The molecule has 0 radical (unpaired) electrons. The zero-order chi connectivity index (χ0) is 11.1. The van der Waals surface area contributed by atoms with E-state index in [1.165, 1.54) is 25.1 Å². The van der Waals surface area contributed by atoms with E-state index in [0.29, 0.717) is 12.0 Å². The molecule has 1 atom stereocenters. The minimum absolute atomic E-state index is 0.389. The highest BCUT2D eigenvalue weighted by Crippen LogP contribution is 2.19. The maximum atomic E-state index is 12.8. The lowest BCUT2D eigenvalue weighted by atomic mass is 10.0. The Morgan fingerprint density at radius 2 is 2.13 bits per heavy atom. The van der Waals surface area contributed by atoms with Gasteiger partial charge in [-0.25, -0.2) is 4.39 Å². The molecule has 2 nitrogen and oxygen atoms in total. The van der Waals surface area contributed by atoms with E-state index in [1.54, 1.807) is 0 Å². The highest BCUT2D eigenvalue weighted by molar-refractivity contribution is 5.12. The molecule has 84 valence electrons. The summed E-state index contributed by atoms with van der Waals surface area (Å²) in [6, 6.07) is 1.34. The van der Waals surface area contributed by atoms with Crippen molar-refractivity contribution in [3.8, 4) is 0 Å². The van der Waals surface area contributed by atoms with E-state index in [-0.39, 0.29) is 5.82 Å². The Kier molecular flexibility index (Phi) is 5.26. The number of unbranched alkanes of at least 4 members (excludes halogenated alkanes) is 3. The maximum Gasteiger partial charge on any atom is 0.141 e. The van der Waals surface area contributed by atoms with Crippen molar-refractivity contribution in [1.29, 1.82) is 0 Å². The predicted molar refractivity (Wildman–Crippen MR) is 57.9 cm³/mol. The molecule has 0 aliphatic carbocycles. The van der Waals surface area contributed by atoms with Gasteiger partial charge in [0.2, 0.25) is 0 Å². The Hall–Kier alpha value is -0.960. The van der Waals surface area contributed by atoms with E-state index >= 15 is 0 Å². The Labute approximate surface area is 90.2 Å². The highest BCUT2D eigenvalue weighted by Gasteiger charge is 2.08. The quantitative estimate of drug-likeness (QED) is 0.733. The first-order chi connectivity index (χ1) is 7.24. The van der Waals surface area contributed by atoms with E-state index in [2.05, 4.69) is 11.9 Å². The average Bonchev–Trinajstić information content (AvgIpc) is 2.24. The first-order valence-corrected chi connectivity index (χ1v) is 5.52. The fourth-order valence-electron chi connectivity index (χ4n) is 1.54. The van der Waals surface area contributed by atoms with Gasteiger partial charge in [0.25, 0.3) is 0 Å². The van der Waals surface area contributed by atoms with Gasteiger partial charge < -0.3 is 5.11 Å². The normalized spacial score (nSPS) is 12.7. The van der Waals surface area contributed by atoms with Gasteiger partial charge in [-0.3, -0.25) is 4.98 Å². The fraction of sp³-hybridized carbons (Fsp3) is 0.583. The summed E-state index contributed by atoms with van der Waals surface area (Å²) < 4.78 is 12.8. The molecule has 1 N–H and O–H groups in total. The zero-order valence-corrected chi connectivity index (χ0v) is 9.12. The molecule has 15 heavy (non-hydrogen) atoms. The molecule has 1 rings (SSSR count). The summed E-state index contributed by atoms with van der Waals surface area (Å²) in [7, 11) is 0. The molecule has 0 aliphatic rings. The molecular formula is C12H18FNO. The Morgan fingerprint density at radius 3 is 2.80 bits per heavy atom. The lowest BCUT2D eigenvalue weighted by Crippen LogP contribution is -1.98. The van der Waals surface area contributed by atoms with Gasteiger partial charge in [-0.2, -0.15) is 0 Å². The molecule has 1 aromatic rings. The fourth-order valence-corrected chi connectivity index (χ4v) is 1.54. The summed E-state index contributed by atoms with van der Waals surface area (Å²) in [5.74, 6) is -0.389. The van der Waals surface area contributed by atoms with E-state index in [1.807, 2.05) is 0 Å². The number of nitrogens with zero attached hydrogens (tertiary/aromatic N) is 1. The van der Waals surface area contributed by atoms with Crippen LogP contribution < -0.4 is 0 Å². The average molecular weight is 211 g/mol. The summed E-state index contributed by atoms with van der Waals surface area (Å²) in [6.07, 6.45) is 7.24. The van der Waals surface area contributed by atoms with Crippen LogP contribution in [0.1, 0.15) is 50.7 Å². The van der Waals surface area contributed by atoms with Gasteiger partial charge in [0.1, 0.15) is 5.82 Å². The molecule has 1 aromatic heterocycles. The monoisotopic (exact) mass is 211 g/mol. The van der Waals surface area contributed by atoms with Crippen LogP contribution in [0, 0.1) is 5.82 Å². The number of hydrogen-bond donors (Lipinski definition) is 1. The lowest BCUT2D eigenvalue weighted by Gasteiger charge is -2.09. The lowest BCUT2D eigenvalue weighted by molar-refractivity contribution is 0.162. The zero-order valence-electron chi connectivity index (χ0n) is 9.12. The van der Waals surface area contributed by atoms with Crippen LogP contribution in [-0.2, 0) is 0 Å². The van der Waals surface area contributed by atoms with Crippen LogP contribution in [0.5, 0.6) is 0 Å². The second-order valence-corrected chi connectivity index (χ2v) is 3.80. The molecule has 3 heteroatoms. The van der Waals surface area contributed by atoms with Gasteiger partial charge in [-0.05, 0) is 12.5 Å². The first-order valence-electron chi connectivity index (χ1n) is 5.52. The number of aliphatic hydroxyl groups excluding tert-OH is 1. The van der Waals surface area contributed by atoms with Gasteiger partial charge in [-0.15, -0.1) is 0 Å². The van der Waals surface area contributed by atoms with Gasteiger partial charge in [-0.1, -0.05) is 32.6 Å². The number of hydrogen-bond acceptors (Lipinski definition) is 2. The Morgan fingerprint density at radius 1 is 1.33 bits per heavy atom. The van der Waals surface area contributed by atoms with Gasteiger partial charge >= 0.3 is 0 Å². The highest BCUT2D eigenvalue weighted by atomic mass is 19.1. The number of aliphatic hydroxyl groups is 1. The molecule has 0 aromatic carbocycles. The summed E-state index contributed by atoms with van der Waals surface area (Å²) in [5, 5.41) is 9.74. The van der Waals surface area contributed by atoms with Crippen LogP contribution in [0.4, 0.5) is 4.39 Å². The van der Waals surface area contributed by atoms with Crippen molar-refractivity contribution in [3.05, 3.63) is 29.8 Å². The summed E-state index contributed by atoms with van der Waals surface area (Å²) in [6.45, 7) is 2.15. The van der Waals surface area contributed by atoms with Crippen LogP contribution >= 0.6 is 0 Å². The molecule has 1 heterocycles. The molecule has 0 saturated heterocycles. The molecule has 0 bridgehead atoms. The molecule has 0 aliphatic heterocycles. The van der Waals surface area contributed by atoms with Gasteiger partial charge in [0, 0.05) is 11.8 Å². The van der Waals surface area contributed by atoms with E-state index in [9.17, 15) is 9.50 Å². The maximum absolute atomic E-state index is 12.8. The summed E-state index contributed by atoms with van der Waals surface area (Å²) >= 11 is 0. The van der Waals surface area contributed by atoms with Crippen molar-refractivity contribution < 1.29 is 9.50 Å². The van der Waals surface area contributed by atoms with Crippen LogP contribution in [0.3, 0.4) is 0 Å². The Bertz CT molecular complexity index is 291. The molecular weight excluding hydrogens is 193 g/mol. The van der Waals surface area contributed by atoms with E-state index < -0.39 is 6.10 Å². The molecule has 0 fully saturated rings. The standard InChI is InChI=1S/C12H18FNO/c1-2-3-4-5-6-12(15)10-7-11(13)9-14-8-10/h7-9,12,15H,2-6H2,1H3. The second kappa shape index (κ2) is 6.51. The summed E-state index contributed by atoms with van der Waals surface area (Å²) in [5.41, 5.74) is 0.575. The van der Waals surface area contributed by atoms with Crippen molar-refractivity contribution in [2.75, 3.05) is 0 Å². The molecule has 0 spiro atoms. The van der Waals surface area contributed by atoms with Crippen LogP contribution in [0.2, 0.25) is 0 Å². The largest absolute Gasteiger partial charge is 0.388 e. The van der Waals surface area contributed by atoms with E-state index in [4.69, 9.17) is 0 Å². The topological polar surface area (TPSA) is 33.1 Å². The number of halogens is 1. The van der Waals surface area contributed by atoms with Crippen molar-refractivity contribution in [2.24, 2.45) is 0 Å². The van der Waals surface area contributed by atoms with E-state index in [0.717, 1.165) is 19.0 Å². The van der Waals surface area contributed by atoms with Crippen LogP contribution in [-0.4, -0.2) is 10.1 Å².